The van der Waals surface area contributed by atoms with Gasteiger partial charge in [0.15, 0.2) is 5.58 Å². The summed E-state index contributed by atoms with van der Waals surface area (Å²) in [5, 5.41) is 28.8. The predicted octanol–water partition coefficient (Wildman–Crippen LogP) is 2.17. The van der Waals surface area contributed by atoms with Crippen molar-refractivity contribution in [3.05, 3.63) is 59.8 Å². The molecule has 3 fully saturated rings. The van der Waals surface area contributed by atoms with Crippen molar-refractivity contribution in [1.29, 1.82) is 0 Å². The Morgan fingerprint density at radius 1 is 1.06 bits per heavy atom. The number of nitrogens with zero attached hydrogens (tertiary/aromatic N) is 3. The number of aliphatic hydroxyl groups excluding tert-OH is 2. The maximum Gasteiger partial charge on any atom is 0.167 e. The highest BCUT2D eigenvalue weighted by Gasteiger charge is 2.37. The molecular weight excluding hydrogens is 444 g/mol. The van der Waals surface area contributed by atoms with Gasteiger partial charge in [-0.3, -0.25) is 9.80 Å². The van der Waals surface area contributed by atoms with Crippen molar-refractivity contribution < 1.29 is 19.5 Å². The Labute approximate surface area is 205 Å². The van der Waals surface area contributed by atoms with Crippen molar-refractivity contribution >= 4 is 11.0 Å². The molecule has 0 amide bonds. The summed E-state index contributed by atoms with van der Waals surface area (Å²) >= 11 is 0. The molecule has 3 aliphatic heterocycles. The predicted molar refractivity (Wildman–Crippen MR) is 132 cm³/mol. The molecular formula is C27H34N4O4. The first-order chi connectivity index (χ1) is 17.1. The van der Waals surface area contributed by atoms with Crippen LogP contribution < -0.4 is 10.1 Å². The molecule has 3 aliphatic rings. The molecule has 5 atom stereocenters. The van der Waals surface area contributed by atoms with E-state index in [4.69, 9.17) is 9.26 Å². The SMILES string of the molecule is O[C@@H]1CN(Cc2cccc(OC(c3noc4ccccc34)[C@H]3CC[C@H]4CNCCN4C3)c2)C[C@@H]1O. The number of rotatable bonds is 6. The van der Waals surface area contributed by atoms with Crippen LogP contribution in [0.1, 0.15) is 30.2 Å². The minimum atomic E-state index is -0.681. The van der Waals surface area contributed by atoms with Crippen LogP contribution in [0.3, 0.4) is 0 Å². The molecule has 6 rings (SSSR count). The van der Waals surface area contributed by atoms with E-state index in [0.29, 0.717) is 31.6 Å². The summed E-state index contributed by atoms with van der Waals surface area (Å²) in [6.07, 6.45) is 0.657. The van der Waals surface area contributed by atoms with Crippen molar-refractivity contribution in [2.45, 2.75) is 43.7 Å². The topological polar surface area (TPSA) is 94.2 Å². The van der Waals surface area contributed by atoms with Gasteiger partial charge < -0.3 is 24.8 Å². The monoisotopic (exact) mass is 478 g/mol. The Morgan fingerprint density at radius 3 is 2.80 bits per heavy atom. The number of ether oxygens (including phenoxy) is 1. The van der Waals surface area contributed by atoms with Crippen LogP contribution in [0.25, 0.3) is 11.0 Å². The number of β-amino-alcohol motifs (C(OH)–C–C–N with tert-alkyl or cyclic N) is 2. The van der Waals surface area contributed by atoms with E-state index in [2.05, 4.69) is 38.5 Å². The summed E-state index contributed by atoms with van der Waals surface area (Å²) in [7, 11) is 0. The van der Waals surface area contributed by atoms with E-state index in [9.17, 15) is 10.2 Å². The zero-order chi connectivity index (χ0) is 23.8. The number of aliphatic hydroxyl groups is 2. The number of hydrogen-bond donors (Lipinski definition) is 3. The zero-order valence-corrected chi connectivity index (χ0v) is 19.9. The molecule has 3 N–H and O–H groups in total. The van der Waals surface area contributed by atoms with Crippen LogP contribution in [0.4, 0.5) is 0 Å². The Bertz CT molecular complexity index is 1140. The number of hydrogen-bond acceptors (Lipinski definition) is 8. The highest BCUT2D eigenvalue weighted by atomic mass is 16.5. The van der Waals surface area contributed by atoms with Gasteiger partial charge in [-0.1, -0.05) is 29.4 Å². The molecule has 1 unspecified atom stereocenters. The lowest BCUT2D eigenvalue weighted by Crippen LogP contribution is -2.55. The number of likely N-dealkylation sites (tertiary alicyclic amines) is 1. The highest BCUT2D eigenvalue weighted by Crippen LogP contribution is 2.38. The minimum Gasteiger partial charge on any atom is -0.484 e. The van der Waals surface area contributed by atoms with Crippen molar-refractivity contribution in [3.63, 3.8) is 0 Å². The molecule has 0 saturated carbocycles. The van der Waals surface area contributed by atoms with Gasteiger partial charge in [-0.25, -0.2) is 0 Å². The van der Waals surface area contributed by atoms with Gasteiger partial charge >= 0.3 is 0 Å². The van der Waals surface area contributed by atoms with Gasteiger partial charge in [0.1, 0.15) is 17.5 Å². The lowest BCUT2D eigenvalue weighted by Gasteiger charge is -2.44. The van der Waals surface area contributed by atoms with Gasteiger partial charge in [0.25, 0.3) is 0 Å². The highest BCUT2D eigenvalue weighted by molar-refractivity contribution is 5.79. The molecule has 0 radical (unpaired) electrons. The van der Waals surface area contributed by atoms with Crippen LogP contribution in [0, 0.1) is 5.92 Å². The summed E-state index contributed by atoms with van der Waals surface area (Å²) < 4.78 is 12.4. The summed E-state index contributed by atoms with van der Waals surface area (Å²) in [4.78, 5) is 4.67. The lowest BCUT2D eigenvalue weighted by molar-refractivity contribution is 0.0248. The van der Waals surface area contributed by atoms with Gasteiger partial charge in [0.05, 0.1) is 12.2 Å². The van der Waals surface area contributed by atoms with Crippen LogP contribution in [0.15, 0.2) is 53.1 Å². The average molecular weight is 479 g/mol. The van der Waals surface area contributed by atoms with Gasteiger partial charge in [0.2, 0.25) is 0 Å². The van der Waals surface area contributed by atoms with Gasteiger partial charge in [-0.2, -0.15) is 0 Å². The molecule has 3 aromatic rings. The van der Waals surface area contributed by atoms with E-state index in [1.807, 2.05) is 30.3 Å². The normalized spacial score (nSPS) is 28.7. The minimum absolute atomic E-state index is 0.208. The van der Waals surface area contributed by atoms with E-state index in [1.54, 1.807) is 0 Å². The molecule has 0 aliphatic carbocycles. The standard InChI is InChI=1S/C27H34N4O4/c32-23-16-30(17-24(23)33)14-18-4-3-5-21(12-18)34-27(26-22-6-1-2-7-25(22)35-29-26)19-8-9-20-13-28-10-11-31(20)15-19/h1-7,12,19-20,23-24,27-28,32-33H,8-11,13-17H2/t19-,20-,23-,24+,27?/m0/s1. The molecule has 8 nitrogen and oxygen atoms in total. The Hall–Kier alpha value is -2.49. The second kappa shape index (κ2) is 9.87. The fourth-order valence-corrected chi connectivity index (χ4v) is 5.96. The number of fused-ring (bicyclic) bond motifs is 2. The fraction of sp³-hybridized carbons (Fsp3) is 0.519. The van der Waals surface area contributed by atoms with Crippen molar-refractivity contribution in [2.24, 2.45) is 5.92 Å². The maximum atomic E-state index is 9.90. The van der Waals surface area contributed by atoms with Crippen LogP contribution in [-0.2, 0) is 6.54 Å². The first-order valence-corrected chi connectivity index (χ1v) is 12.8. The molecule has 2 aromatic carbocycles. The second-order valence-electron chi connectivity index (χ2n) is 10.3. The van der Waals surface area contributed by atoms with E-state index >= 15 is 0 Å². The largest absolute Gasteiger partial charge is 0.484 e. The third-order valence-electron chi connectivity index (χ3n) is 7.82. The summed E-state index contributed by atoms with van der Waals surface area (Å²) in [6, 6.07) is 16.8. The van der Waals surface area contributed by atoms with Crippen LogP contribution in [-0.4, -0.2) is 82.7 Å². The molecule has 186 valence electrons. The first-order valence-electron chi connectivity index (χ1n) is 12.8. The number of piperazine rings is 1. The number of benzene rings is 2. The second-order valence-corrected chi connectivity index (χ2v) is 10.3. The van der Waals surface area contributed by atoms with Crippen molar-refractivity contribution in [3.8, 4) is 5.75 Å². The fourth-order valence-electron chi connectivity index (χ4n) is 5.96. The maximum absolute atomic E-state index is 9.90. The Morgan fingerprint density at radius 2 is 1.91 bits per heavy atom. The van der Waals surface area contributed by atoms with Gasteiger partial charge in [-0.15, -0.1) is 0 Å². The smallest absolute Gasteiger partial charge is 0.167 e. The van der Waals surface area contributed by atoms with Crippen LogP contribution in [0.2, 0.25) is 0 Å². The third-order valence-corrected chi connectivity index (χ3v) is 7.82. The van der Waals surface area contributed by atoms with Crippen molar-refractivity contribution in [2.75, 3.05) is 39.3 Å². The van der Waals surface area contributed by atoms with Crippen molar-refractivity contribution in [1.82, 2.24) is 20.3 Å². The number of piperidine rings is 1. The quantitative estimate of drug-likeness (QED) is 0.496. The molecule has 0 bridgehead atoms. The molecule has 1 aromatic heterocycles. The lowest BCUT2D eigenvalue weighted by atomic mass is 9.85. The molecule has 35 heavy (non-hydrogen) atoms. The van der Waals surface area contributed by atoms with Crippen LogP contribution >= 0.6 is 0 Å². The number of nitrogens with one attached hydrogen (secondary N) is 1. The number of para-hydroxylation sites is 1. The van der Waals surface area contributed by atoms with Gasteiger partial charge in [0, 0.05) is 63.2 Å². The van der Waals surface area contributed by atoms with E-state index in [1.165, 1.54) is 0 Å². The van der Waals surface area contributed by atoms with E-state index < -0.39 is 12.2 Å². The first kappa shape index (κ1) is 22.9. The average Bonchev–Trinajstić information content (AvgIpc) is 3.44. The molecule has 8 heteroatoms. The third kappa shape index (κ3) is 4.81. The van der Waals surface area contributed by atoms with E-state index in [0.717, 1.165) is 67.0 Å². The Kier molecular flexibility index (Phi) is 6.47. The summed E-state index contributed by atoms with van der Waals surface area (Å²) in [6.45, 7) is 5.77. The molecule has 4 heterocycles. The number of aromatic nitrogens is 1. The van der Waals surface area contributed by atoms with Crippen LogP contribution in [0.5, 0.6) is 5.75 Å². The molecule has 0 spiro atoms. The van der Waals surface area contributed by atoms with E-state index in [-0.39, 0.29) is 6.10 Å². The zero-order valence-electron chi connectivity index (χ0n) is 19.9. The summed E-state index contributed by atoms with van der Waals surface area (Å²) in [5.41, 5.74) is 2.75. The summed E-state index contributed by atoms with van der Waals surface area (Å²) in [5.74, 6) is 1.12. The molecule has 3 saturated heterocycles. The van der Waals surface area contributed by atoms with Gasteiger partial charge in [-0.05, 0) is 42.7 Å². The Balaban J connectivity index is 1.26.